The lowest BCUT2D eigenvalue weighted by Crippen LogP contribution is -2.23. The van der Waals surface area contributed by atoms with Crippen LogP contribution in [-0.2, 0) is 9.59 Å². The van der Waals surface area contributed by atoms with Crippen molar-refractivity contribution in [3.8, 4) is 11.5 Å². The Bertz CT molecular complexity index is 1090. The van der Waals surface area contributed by atoms with Crippen molar-refractivity contribution in [3.05, 3.63) is 58.5 Å². The highest BCUT2D eigenvalue weighted by atomic mass is 32.2. The molecule has 0 radical (unpaired) electrons. The topological polar surface area (TPSA) is 146 Å². The summed E-state index contributed by atoms with van der Waals surface area (Å²) in [7, 11) is 0. The van der Waals surface area contributed by atoms with Crippen LogP contribution in [0.15, 0.2) is 52.4 Å². The van der Waals surface area contributed by atoms with Crippen molar-refractivity contribution in [1.82, 2.24) is 5.32 Å². The number of thioether (sulfide) groups is 1. The second-order valence-corrected chi connectivity index (χ2v) is 7.16. The van der Waals surface area contributed by atoms with Gasteiger partial charge in [-0.25, -0.2) is 14.6 Å². The molecule has 0 saturated carbocycles. The van der Waals surface area contributed by atoms with Gasteiger partial charge in [0.05, 0.1) is 10.6 Å². The van der Waals surface area contributed by atoms with E-state index >= 15 is 0 Å². The van der Waals surface area contributed by atoms with Gasteiger partial charge in [0.25, 0.3) is 5.91 Å². The van der Waals surface area contributed by atoms with Crippen LogP contribution >= 0.6 is 11.8 Å². The van der Waals surface area contributed by atoms with E-state index in [4.69, 9.17) is 14.9 Å². The van der Waals surface area contributed by atoms with Crippen LogP contribution in [0.2, 0.25) is 0 Å². The number of ether oxygens (including phenoxy) is 1. The number of aliphatic carboxylic acids is 1. The average Bonchev–Trinajstić information content (AvgIpc) is 3.01. The van der Waals surface area contributed by atoms with Gasteiger partial charge in [0.2, 0.25) is 0 Å². The van der Waals surface area contributed by atoms with E-state index in [0.29, 0.717) is 16.2 Å². The number of nitrogens with zero attached hydrogens (tertiary/aromatic N) is 1. The van der Waals surface area contributed by atoms with Crippen molar-refractivity contribution in [2.75, 3.05) is 0 Å². The molecule has 1 amide bonds. The highest BCUT2D eigenvalue weighted by Crippen LogP contribution is 2.32. The number of carboxylic acids is 2. The molecule has 0 spiro atoms. The Labute approximate surface area is 174 Å². The first kappa shape index (κ1) is 20.9. The third-order valence-corrected chi connectivity index (χ3v) is 4.86. The summed E-state index contributed by atoms with van der Waals surface area (Å²) in [6.45, 7) is 1.40. The molecular formula is C20H16N2O7S. The number of nitrogens with one attached hydrogen (secondary N) is 1. The fourth-order valence-corrected chi connectivity index (χ4v) is 3.29. The third-order valence-electron chi connectivity index (χ3n) is 3.95. The molecule has 1 aliphatic rings. The Morgan fingerprint density at radius 1 is 1.20 bits per heavy atom. The van der Waals surface area contributed by atoms with Crippen LogP contribution in [0.25, 0.3) is 6.08 Å². The van der Waals surface area contributed by atoms with Crippen molar-refractivity contribution in [2.45, 2.75) is 13.0 Å². The molecule has 2 aromatic rings. The molecule has 1 saturated heterocycles. The molecule has 9 nitrogen and oxygen atoms in total. The van der Waals surface area contributed by atoms with E-state index in [-0.39, 0.29) is 16.4 Å². The second kappa shape index (κ2) is 8.70. The van der Waals surface area contributed by atoms with Gasteiger partial charge in [-0.05, 0) is 43.0 Å². The zero-order chi connectivity index (χ0) is 21.8. The van der Waals surface area contributed by atoms with Crippen LogP contribution in [0.3, 0.4) is 0 Å². The van der Waals surface area contributed by atoms with E-state index in [0.717, 1.165) is 11.8 Å². The van der Waals surface area contributed by atoms with E-state index in [1.807, 2.05) is 0 Å². The lowest BCUT2D eigenvalue weighted by molar-refractivity contribution is -0.144. The van der Waals surface area contributed by atoms with Crippen molar-refractivity contribution in [3.63, 3.8) is 0 Å². The molecule has 2 aromatic carbocycles. The largest absolute Gasteiger partial charge is 0.507 e. The minimum atomic E-state index is -1.27. The number of hydrogen-bond acceptors (Lipinski definition) is 7. The van der Waals surface area contributed by atoms with E-state index in [1.165, 1.54) is 25.1 Å². The first-order valence-corrected chi connectivity index (χ1v) is 9.40. The number of amidine groups is 1. The van der Waals surface area contributed by atoms with Gasteiger partial charge < -0.3 is 25.4 Å². The summed E-state index contributed by atoms with van der Waals surface area (Å²) in [5, 5.41) is 30.6. The van der Waals surface area contributed by atoms with E-state index in [2.05, 4.69) is 10.3 Å². The molecule has 30 heavy (non-hydrogen) atoms. The zero-order valence-corrected chi connectivity index (χ0v) is 16.3. The molecule has 1 fully saturated rings. The smallest absolute Gasteiger partial charge is 0.344 e. The lowest BCUT2D eigenvalue weighted by atomic mass is 10.2. The van der Waals surface area contributed by atoms with Crippen molar-refractivity contribution >= 4 is 46.5 Å². The van der Waals surface area contributed by atoms with Gasteiger partial charge in [0.15, 0.2) is 11.3 Å². The molecule has 4 N–H and O–H groups in total. The SMILES string of the molecule is CC(Oc1ccccc1/C=C1\SC(=Nc2ccc(C(=O)O)c(O)c2)NC1=O)C(=O)O. The Hall–Kier alpha value is -3.79. The lowest BCUT2D eigenvalue weighted by Gasteiger charge is -2.12. The number of carboxylic acid groups (broad SMARTS) is 2. The molecule has 154 valence electrons. The zero-order valence-electron chi connectivity index (χ0n) is 15.5. The number of amides is 1. The molecule has 10 heteroatoms. The monoisotopic (exact) mass is 428 g/mol. The molecule has 1 atom stereocenters. The first-order valence-electron chi connectivity index (χ1n) is 8.59. The molecule has 0 aliphatic carbocycles. The maximum atomic E-state index is 12.3. The number of carbonyl (C=O) groups is 3. The van der Waals surface area contributed by atoms with Gasteiger partial charge in [0, 0.05) is 11.6 Å². The Morgan fingerprint density at radius 3 is 2.60 bits per heavy atom. The fraction of sp³-hybridized carbons (Fsp3) is 0.100. The standard InChI is InChI=1S/C20H16N2O7S/c1-10(18(25)26)29-15-5-3-2-4-11(15)8-16-17(24)22-20(30-16)21-12-6-7-13(19(27)28)14(23)9-12/h2-10,23H,1H3,(H,25,26)(H,27,28)(H,21,22,24)/b16-8-. The minimum Gasteiger partial charge on any atom is -0.507 e. The van der Waals surface area contributed by atoms with Crippen LogP contribution in [0.4, 0.5) is 5.69 Å². The minimum absolute atomic E-state index is 0.242. The molecule has 0 aromatic heterocycles. The predicted octanol–water partition coefficient (Wildman–Crippen LogP) is 2.83. The Balaban J connectivity index is 1.84. The number of benzene rings is 2. The number of aliphatic imine (C=N–C) groups is 1. The maximum absolute atomic E-state index is 12.3. The summed E-state index contributed by atoms with van der Waals surface area (Å²) in [5.74, 6) is -2.91. The van der Waals surface area contributed by atoms with Crippen molar-refractivity contribution in [1.29, 1.82) is 0 Å². The van der Waals surface area contributed by atoms with E-state index in [9.17, 15) is 19.5 Å². The highest BCUT2D eigenvalue weighted by molar-refractivity contribution is 8.18. The van der Waals surface area contributed by atoms with E-state index < -0.39 is 29.7 Å². The predicted molar refractivity (Wildman–Crippen MR) is 110 cm³/mol. The summed E-state index contributed by atoms with van der Waals surface area (Å²) in [5.41, 5.74) is 0.531. The molecule has 1 heterocycles. The van der Waals surface area contributed by atoms with Crippen LogP contribution in [0.1, 0.15) is 22.8 Å². The average molecular weight is 428 g/mol. The van der Waals surface area contributed by atoms with Crippen LogP contribution < -0.4 is 10.1 Å². The summed E-state index contributed by atoms with van der Waals surface area (Å²) in [6.07, 6.45) is 0.491. The number of rotatable bonds is 6. The summed E-state index contributed by atoms with van der Waals surface area (Å²) >= 11 is 1.04. The quantitative estimate of drug-likeness (QED) is 0.514. The molecule has 1 unspecified atom stereocenters. The van der Waals surface area contributed by atoms with E-state index in [1.54, 1.807) is 30.3 Å². The summed E-state index contributed by atoms with van der Waals surface area (Å²) < 4.78 is 5.43. The van der Waals surface area contributed by atoms with Gasteiger partial charge in [-0.2, -0.15) is 0 Å². The first-order chi connectivity index (χ1) is 14.2. The van der Waals surface area contributed by atoms with Gasteiger partial charge >= 0.3 is 11.9 Å². The molecular weight excluding hydrogens is 412 g/mol. The van der Waals surface area contributed by atoms with Gasteiger partial charge in [0.1, 0.15) is 17.1 Å². The number of para-hydroxylation sites is 1. The van der Waals surface area contributed by atoms with Gasteiger partial charge in [-0.15, -0.1) is 0 Å². The Morgan fingerprint density at radius 2 is 1.93 bits per heavy atom. The third kappa shape index (κ3) is 4.78. The fourth-order valence-electron chi connectivity index (χ4n) is 2.46. The number of hydrogen-bond donors (Lipinski definition) is 4. The van der Waals surface area contributed by atoms with Crippen LogP contribution in [-0.4, -0.2) is 44.4 Å². The van der Waals surface area contributed by atoms with Crippen LogP contribution in [0, 0.1) is 0 Å². The molecule has 3 rings (SSSR count). The molecule has 0 bridgehead atoms. The van der Waals surface area contributed by atoms with Gasteiger partial charge in [-0.3, -0.25) is 4.79 Å². The highest BCUT2D eigenvalue weighted by Gasteiger charge is 2.25. The molecule has 1 aliphatic heterocycles. The number of carbonyl (C=O) groups excluding carboxylic acids is 1. The number of phenols is 1. The van der Waals surface area contributed by atoms with Crippen LogP contribution in [0.5, 0.6) is 11.5 Å². The number of aromatic hydroxyl groups is 1. The van der Waals surface area contributed by atoms with Gasteiger partial charge in [-0.1, -0.05) is 18.2 Å². The second-order valence-electron chi connectivity index (χ2n) is 6.12. The Kier molecular flexibility index (Phi) is 6.07. The van der Waals surface area contributed by atoms with Crippen molar-refractivity contribution in [2.24, 2.45) is 4.99 Å². The summed E-state index contributed by atoms with van der Waals surface area (Å²) in [6, 6.07) is 10.5. The number of aromatic carboxylic acids is 1. The maximum Gasteiger partial charge on any atom is 0.344 e. The van der Waals surface area contributed by atoms with Crippen molar-refractivity contribution < 1.29 is 34.4 Å². The summed E-state index contributed by atoms with van der Waals surface area (Å²) in [4.78, 5) is 38.8. The normalized spacial score (nSPS) is 17.0.